The molecule has 3 aliphatic rings. The molecule has 3 aliphatic carbocycles. The van der Waals surface area contributed by atoms with Gasteiger partial charge in [0.05, 0.1) is 8.07 Å². The third kappa shape index (κ3) is 2.44. The number of allylic oxidation sites excluding steroid dienone is 4. The lowest BCUT2D eigenvalue weighted by molar-refractivity contribution is 0.371. The van der Waals surface area contributed by atoms with E-state index in [-0.39, 0.29) is 0 Å². The van der Waals surface area contributed by atoms with E-state index in [9.17, 15) is 0 Å². The molecule has 2 unspecified atom stereocenters. The maximum atomic E-state index is 2.75. The minimum absolute atomic E-state index is 0.826. The Bertz CT molecular complexity index is 544. The Morgan fingerprint density at radius 2 is 1.22 bits per heavy atom. The van der Waals surface area contributed by atoms with Crippen LogP contribution in [0.15, 0.2) is 22.3 Å². The van der Waals surface area contributed by atoms with Crippen molar-refractivity contribution >= 4 is 8.07 Å². The fourth-order valence-electron chi connectivity index (χ4n) is 6.91. The van der Waals surface area contributed by atoms with Crippen molar-refractivity contribution in [2.45, 2.75) is 91.4 Å². The van der Waals surface area contributed by atoms with Gasteiger partial charge in [0.25, 0.3) is 0 Å². The number of hydrogen-bond acceptors (Lipinski definition) is 0. The van der Waals surface area contributed by atoms with Gasteiger partial charge < -0.3 is 0 Å². The standard InChI is InChI=1S/C22H38Si/c1-13-14(2)16(4)21-20(15(13)3)17(5)18(6)22(21)23(7,8)19-11-9-10-12-19/h17-22H,9-12H2,1-8H3/t17-,18+,20-,21?,22?/m0/s1. The van der Waals surface area contributed by atoms with Gasteiger partial charge in [0.1, 0.15) is 0 Å². The van der Waals surface area contributed by atoms with Crippen LogP contribution in [-0.4, -0.2) is 8.07 Å². The normalized spacial score (nSPS) is 39.4. The minimum Gasteiger partial charge on any atom is -0.0689 e. The topological polar surface area (TPSA) is 0 Å². The highest BCUT2D eigenvalue weighted by Crippen LogP contribution is 2.63. The Morgan fingerprint density at radius 3 is 1.74 bits per heavy atom. The Hall–Kier alpha value is -0.303. The summed E-state index contributed by atoms with van der Waals surface area (Å²) in [4.78, 5) is 0. The zero-order valence-corrected chi connectivity index (χ0v) is 17.8. The highest BCUT2D eigenvalue weighted by Gasteiger charge is 2.56. The highest BCUT2D eigenvalue weighted by atomic mass is 28.3. The molecule has 0 aliphatic heterocycles. The first-order chi connectivity index (χ1) is 10.7. The van der Waals surface area contributed by atoms with Gasteiger partial charge >= 0.3 is 0 Å². The van der Waals surface area contributed by atoms with E-state index in [2.05, 4.69) is 54.6 Å². The molecule has 130 valence electrons. The summed E-state index contributed by atoms with van der Waals surface area (Å²) in [6, 6.07) is 0. The number of fused-ring (bicyclic) bond motifs is 1. The predicted octanol–water partition coefficient (Wildman–Crippen LogP) is 7.21. The van der Waals surface area contributed by atoms with Crippen molar-refractivity contribution in [3.8, 4) is 0 Å². The van der Waals surface area contributed by atoms with Crippen molar-refractivity contribution in [2.24, 2.45) is 23.7 Å². The first-order valence-electron chi connectivity index (χ1n) is 10.0. The van der Waals surface area contributed by atoms with E-state index in [1.165, 1.54) is 25.7 Å². The third-order valence-electron chi connectivity index (χ3n) is 8.75. The second-order valence-electron chi connectivity index (χ2n) is 9.71. The van der Waals surface area contributed by atoms with Crippen molar-refractivity contribution in [3.05, 3.63) is 22.3 Å². The highest BCUT2D eigenvalue weighted by molar-refractivity contribution is 6.80. The van der Waals surface area contributed by atoms with Gasteiger partial charge in [-0.2, -0.15) is 0 Å². The summed E-state index contributed by atoms with van der Waals surface area (Å²) in [5, 5.41) is 0. The zero-order valence-electron chi connectivity index (χ0n) is 16.8. The smallest absolute Gasteiger partial charge is 0.0544 e. The molecule has 23 heavy (non-hydrogen) atoms. The van der Waals surface area contributed by atoms with Crippen LogP contribution in [-0.2, 0) is 0 Å². The second-order valence-corrected chi connectivity index (χ2v) is 14.8. The van der Waals surface area contributed by atoms with Gasteiger partial charge in [-0.15, -0.1) is 0 Å². The van der Waals surface area contributed by atoms with Crippen LogP contribution in [0.25, 0.3) is 0 Å². The molecule has 0 N–H and O–H groups in total. The molecule has 0 heterocycles. The molecule has 0 bridgehead atoms. The van der Waals surface area contributed by atoms with Gasteiger partial charge in [-0.25, -0.2) is 0 Å². The third-order valence-corrected chi connectivity index (χ3v) is 14.0. The lowest BCUT2D eigenvalue weighted by Crippen LogP contribution is -2.42. The van der Waals surface area contributed by atoms with Crippen LogP contribution in [0, 0.1) is 23.7 Å². The molecule has 0 radical (unpaired) electrons. The van der Waals surface area contributed by atoms with E-state index in [4.69, 9.17) is 0 Å². The largest absolute Gasteiger partial charge is 0.0689 e. The maximum absolute atomic E-state index is 2.75. The van der Waals surface area contributed by atoms with E-state index in [1.54, 1.807) is 22.3 Å². The summed E-state index contributed by atoms with van der Waals surface area (Å²) < 4.78 is 0. The molecule has 2 saturated carbocycles. The quantitative estimate of drug-likeness (QED) is 0.469. The molecule has 5 atom stereocenters. The van der Waals surface area contributed by atoms with Crippen LogP contribution in [0.4, 0.5) is 0 Å². The van der Waals surface area contributed by atoms with Crippen molar-refractivity contribution in [1.29, 1.82) is 0 Å². The Kier molecular flexibility index (Phi) is 4.49. The average molecular weight is 331 g/mol. The van der Waals surface area contributed by atoms with Gasteiger partial charge in [-0.05, 0) is 73.6 Å². The Labute approximate surface area is 145 Å². The summed E-state index contributed by atoms with van der Waals surface area (Å²) >= 11 is 0. The lowest BCUT2D eigenvalue weighted by Gasteiger charge is -2.44. The van der Waals surface area contributed by atoms with Gasteiger partial charge in [0, 0.05) is 0 Å². The molecular weight excluding hydrogens is 292 g/mol. The molecule has 0 amide bonds. The predicted molar refractivity (Wildman–Crippen MR) is 106 cm³/mol. The molecule has 2 fully saturated rings. The van der Waals surface area contributed by atoms with Gasteiger partial charge in [-0.3, -0.25) is 0 Å². The van der Waals surface area contributed by atoms with Crippen LogP contribution in [0.1, 0.15) is 67.2 Å². The summed E-state index contributed by atoms with van der Waals surface area (Å²) in [5.74, 6) is 3.44. The molecule has 0 spiro atoms. The molecule has 1 heteroatoms. The van der Waals surface area contributed by atoms with Crippen LogP contribution in [0.3, 0.4) is 0 Å². The van der Waals surface area contributed by atoms with E-state index in [0.717, 1.165) is 34.8 Å². The van der Waals surface area contributed by atoms with Crippen LogP contribution in [0.2, 0.25) is 24.2 Å². The van der Waals surface area contributed by atoms with Crippen LogP contribution < -0.4 is 0 Å². The SMILES string of the molecule is CC1=C(C)C2C([Si](C)(C)C3CCCC3)[C@H](C)[C@H](C)[C@@H]2C(C)=C1C. The zero-order chi connectivity index (χ0) is 17.1. The molecule has 0 nitrogen and oxygen atoms in total. The number of rotatable bonds is 2. The summed E-state index contributed by atoms with van der Waals surface area (Å²) in [7, 11) is -1.23. The van der Waals surface area contributed by atoms with Gasteiger partial charge in [-0.1, -0.05) is 63.8 Å². The van der Waals surface area contributed by atoms with Crippen LogP contribution in [0.5, 0.6) is 0 Å². The van der Waals surface area contributed by atoms with Crippen molar-refractivity contribution in [2.75, 3.05) is 0 Å². The molecule has 0 aromatic carbocycles. The van der Waals surface area contributed by atoms with Crippen molar-refractivity contribution in [1.82, 2.24) is 0 Å². The molecule has 0 aromatic rings. The van der Waals surface area contributed by atoms with E-state index < -0.39 is 8.07 Å². The molecule has 0 saturated heterocycles. The lowest BCUT2D eigenvalue weighted by atomic mass is 9.72. The fraction of sp³-hybridized carbons (Fsp3) is 0.818. The summed E-state index contributed by atoms with van der Waals surface area (Å²) in [6.45, 7) is 20.3. The van der Waals surface area contributed by atoms with Crippen molar-refractivity contribution < 1.29 is 0 Å². The molecule has 3 rings (SSSR count). The van der Waals surface area contributed by atoms with Crippen LogP contribution >= 0.6 is 0 Å². The second kappa shape index (κ2) is 5.90. The Morgan fingerprint density at radius 1 is 0.739 bits per heavy atom. The maximum Gasteiger partial charge on any atom is 0.0544 e. The van der Waals surface area contributed by atoms with E-state index >= 15 is 0 Å². The van der Waals surface area contributed by atoms with Crippen molar-refractivity contribution in [3.63, 3.8) is 0 Å². The number of hydrogen-bond donors (Lipinski definition) is 0. The first kappa shape index (κ1) is 17.5. The summed E-state index contributed by atoms with van der Waals surface area (Å²) in [6.07, 6.45) is 6.06. The average Bonchev–Trinajstić information content (AvgIpc) is 3.12. The first-order valence-corrected chi connectivity index (χ1v) is 13.2. The monoisotopic (exact) mass is 330 g/mol. The van der Waals surface area contributed by atoms with Gasteiger partial charge in [0.2, 0.25) is 0 Å². The molecule has 0 aromatic heterocycles. The summed E-state index contributed by atoms with van der Waals surface area (Å²) in [5.41, 5.74) is 8.76. The minimum atomic E-state index is -1.23. The van der Waals surface area contributed by atoms with E-state index in [1.807, 2.05) is 0 Å². The fourth-order valence-corrected chi connectivity index (χ4v) is 12.4. The molecular formula is C22H38Si. The Balaban J connectivity index is 2.05. The van der Waals surface area contributed by atoms with Gasteiger partial charge in [0.15, 0.2) is 0 Å². The van der Waals surface area contributed by atoms with E-state index in [0.29, 0.717) is 0 Å².